The van der Waals surface area contributed by atoms with Gasteiger partial charge in [-0.1, -0.05) is 19.9 Å². The first-order chi connectivity index (χ1) is 15.4. The van der Waals surface area contributed by atoms with Gasteiger partial charge in [-0.25, -0.2) is 13.1 Å². The summed E-state index contributed by atoms with van der Waals surface area (Å²) < 4.78 is 35.7. The number of ether oxygens (including phenoxy) is 1. The van der Waals surface area contributed by atoms with Crippen molar-refractivity contribution in [2.24, 2.45) is 5.92 Å². The summed E-state index contributed by atoms with van der Waals surface area (Å²) in [5.74, 6) is 1.08. The molecule has 0 amide bonds. The van der Waals surface area contributed by atoms with E-state index in [1.165, 1.54) is 11.3 Å². The summed E-state index contributed by atoms with van der Waals surface area (Å²) in [6.45, 7) is 5.48. The van der Waals surface area contributed by atoms with Gasteiger partial charge < -0.3 is 4.74 Å². The van der Waals surface area contributed by atoms with Crippen molar-refractivity contribution in [3.63, 3.8) is 0 Å². The Kier molecular flexibility index (Phi) is 6.91. The van der Waals surface area contributed by atoms with Gasteiger partial charge in [0.25, 0.3) is 0 Å². The van der Waals surface area contributed by atoms with E-state index >= 15 is 0 Å². The van der Waals surface area contributed by atoms with Gasteiger partial charge in [-0.05, 0) is 68.0 Å². The van der Waals surface area contributed by atoms with Crippen molar-refractivity contribution >= 4 is 10.0 Å². The highest BCUT2D eigenvalue weighted by Gasteiger charge is 2.22. The summed E-state index contributed by atoms with van der Waals surface area (Å²) >= 11 is 0. The van der Waals surface area contributed by atoms with Crippen LogP contribution in [0.4, 0.5) is 0 Å². The Morgan fingerprint density at radius 3 is 2.59 bits per heavy atom. The van der Waals surface area contributed by atoms with Crippen LogP contribution in [0.25, 0.3) is 11.4 Å². The SMILES string of the molecule is CC(C)COc1ccc(S(=O)(=O)NCCn2nc(-c3ccccn3)c3c2CCCC3)cc1. The van der Waals surface area contributed by atoms with Crippen LogP contribution in [-0.2, 0) is 29.4 Å². The summed E-state index contributed by atoms with van der Waals surface area (Å²) in [5.41, 5.74) is 4.22. The van der Waals surface area contributed by atoms with Gasteiger partial charge in [-0.2, -0.15) is 5.10 Å². The van der Waals surface area contributed by atoms with Crippen LogP contribution in [0, 0.1) is 5.92 Å². The number of nitrogens with one attached hydrogen (secondary N) is 1. The zero-order valence-electron chi connectivity index (χ0n) is 18.6. The van der Waals surface area contributed by atoms with E-state index in [9.17, 15) is 8.42 Å². The highest BCUT2D eigenvalue weighted by molar-refractivity contribution is 7.89. The van der Waals surface area contributed by atoms with E-state index in [-0.39, 0.29) is 11.4 Å². The van der Waals surface area contributed by atoms with Crippen molar-refractivity contribution in [2.75, 3.05) is 13.2 Å². The lowest BCUT2D eigenvalue weighted by atomic mass is 9.95. The molecule has 4 rings (SSSR count). The van der Waals surface area contributed by atoms with Crippen molar-refractivity contribution < 1.29 is 13.2 Å². The summed E-state index contributed by atoms with van der Waals surface area (Å²) in [5, 5.41) is 4.80. The lowest BCUT2D eigenvalue weighted by Gasteiger charge is -2.14. The zero-order chi connectivity index (χ0) is 22.6. The first-order valence-electron chi connectivity index (χ1n) is 11.2. The molecule has 7 nitrogen and oxygen atoms in total. The molecule has 0 radical (unpaired) electrons. The van der Waals surface area contributed by atoms with E-state index in [1.54, 1.807) is 30.5 Å². The summed E-state index contributed by atoms with van der Waals surface area (Å²) in [4.78, 5) is 4.69. The lowest BCUT2D eigenvalue weighted by molar-refractivity contribution is 0.271. The molecular formula is C24H30N4O3S. The fourth-order valence-electron chi connectivity index (χ4n) is 3.91. The van der Waals surface area contributed by atoms with Gasteiger partial charge in [-0.3, -0.25) is 9.67 Å². The maximum absolute atomic E-state index is 12.7. The molecule has 2 heterocycles. The highest BCUT2D eigenvalue weighted by Crippen LogP contribution is 2.30. The summed E-state index contributed by atoms with van der Waals surface area (Å²) in [6, 6.07) is 12.4. The van der Waals surface area contributed by atoms with Gasteiger partial charge in [-0.15, -0.1) is 0 Å². The molecule has 1 aromatic carbocycles. The lowest BCUT2D eigenvalue weighted by Crippen LogP contribution is -2.28. The van der Waals surface area contributed by atoms with Crippen LogP contribution in [0.2, 0.25) is 0 Å². The largest absolute Gasteiger partial charge is 0.493 e. The molecule has 0 aliphatic heterocycles. The highest BCUT2D eigenvalue weighted by atomic mass is 32.2. The van der Waals surface area contributed by atoms with Gasteiger partial charge in [0.05, 0.1) is 23.7 Å². The molecule has 170 valence electrons. The number of aromatic nitrogens is 3. The third kappa shape index (κ3) is 5.19. The Morgan fingerprint density at radius 1 is 1.09 bits per heavy atom. The van der Waals surface area contributed by atoms with Gasteiger partial charge >= 0.3 is 0 Å². The predicted molar refractivity (Wildman–Crippen MR) is 124 cm³/mol. The minimum absolute atomic E-state index is 0.228. The van der Waals surface area contributed by atoms with Crippen molar-refractivity contribution in [3.05, 3.63) is 59.9 Å². The Hall–Kier alpha value is -2.71. The Balaban J connectivity index is 1.43. The van der Waals surface area contributed by atoms with Crippen LogP contribution < -0.4 is 9.46 Å². The fourth-order valence-corrected chi connectivity index (χ4v) is 4.93. The van der Waals surface area contributed by atoms with Crippen LogP contribution in [-0.4, -0.2) is 36.3 Å². The summed E-state index contributed by atoms with van der Waals surface area (Å²) in [6.07, 6.45) is 5.98. The first kappa shape index (κ1) is 22.5. The van der Waals surface area contributed by atoms with Gasteiger partial charge in [0.1, 0.15) is 11.4 Å². The smallest absolute Gasteiger partial charge is 0.240 e. The second-order valence-corrected chi connectivity index (χ2v) is 10.3. The van der Waals surface area contributed by atoms with Crippen molar-refractivity contribution in [2.45, 2.75) is 51.0 Å². The number of rotatable bonds is 9. The average Bonchev–Trinajstić information content (AvgIpc) is 3.17. The number of pyridine rings is 1. The maximum Gasteiger partial charge on any atom is 0.240 e. The number of benzene rings is 1. The molecule has 1 aliphatic carbocycles. The van der Waals surface area contributed by atoms with Crippen molar-refractivity contribution in [1.29, 1.82) is 0 Å². The van der Waals surface area contributed by atoms with Crippen LogP contribution >= 0.6 is 0 Å². The number of hydrogen-bond acceptors (Lipinski definition) is 5. The maximum atomic E-state index is 12.7. The standard InChI is InChI=1S/C24H30N4O3S/c1-18(2)17-31-19-10-12-20(13-11-19)32(29,30)26-15-16-28-23-9-4-3-7-21(23)24(27-28)22-8-5-6-14-25-22/h5-6,8,10-14,18,26H,3-4,7,9,15-17H2,1-2H3. The zero-order valence-corrected chi connectivity index (χ0v) is 19.4. The molecule has 8 heteroatoms. The van der Waals surface area contributed by atoms with E-state index in [1.807, 2.05) is 22.9 Å². The fraction of sp³-hybridized carbons (Fsp3) is 0.417. The molecule has 0 spiro atoms. The molecule has 0 saturated heterocycles. The van der Waals surface area contributed by atoms with Crippen LogP contribution in [0.1, 0.15) is 37.9 Å². The molecule has 0 fully saturated rings. The van der Waals surface area contributed by atoms with Crippen LogP contribution in [0.5, 0.6) is 5.75 Å². The molecule has 0 unspecified atom stereocenters. The van der Waals surface area contributed by atoms with E-state index in [2.05, 4.69) is 23.6 Å². The quantitative estimate of drug-likeness (QED) is 0.531. The number of hydrogen-bond donors (Lipinski definition) is 1. The second kappa shape index (κ2) is 9.83. The number of sulfonamides is 1. The predicted octanol–water partition coefficient (Wildman–Crippen LogP) is 3.84. The van der Waals surface area contributed by atoms with Gasteiger partial charge in [0.15, 0.2) is 0 Å². The van der Waals surface area contributed by atoms with Crippen molar-refractivity contribution in [1.82, 2.24) is 19.5 Å². The van der Waals surface area contributed by atoms with Gasteiger partial charge in [0, 0.05) is 24.0 Å². The van der Waals surface area contributed by atoms with E-state index in [0.717, 1.165) is 37.1 Å². The molecule has 1 aliphatic rings. The molecule has 3 aromatic rings. The Labute approximate surface area is 189 Å². The van der Waals surface area contributed by atoms with E-state index in [4.69, 9.17) is 9.84 Å². The summed E-state index contributed by atoms with van der Waals surface area (Å²) in [7, 11) is -3.60. The Bertz CT molecular complexity index is 1140. The van der Waals surface area contributed by atoms with E-state index < -0.39 is 10.0 Å². The van der Waals surface area contributed by atoms with E-state index in [0.29, 0.717) is 24.8 Å². The molecule has 1 N–H and O–H groups in total. The normalized spacial score (nSPS) is 13.8. The molecule has 2 aromatic heterocycles. The minimum atomic E-state index is -3.60. The number of fused-ring (bicyclic) bond motifs is 1. The average molecular weight is 455 g/mol. The second-order valence-electron chi connectivity index (χ2n) is 8.49. The molecule has 0 atom stereocenters. The van der Waals surface area contributed by atoms with Crippen LogP contribution in [0.3, 0.4) is 0 Å². The Morgan fingerprint density at radius 2 is 1.88 bits per heavy atom. The van der Waals surface area contributed by atoms with Gasteiger partial charge in [0.2, 0.25) is 10.0 Å². The topological polar surface area (TPSA) is 86.1 Å². The molecule has 0 bridgehead atoms. The van der Waals surface area contributed by atoms with Crippen molar-refractivity contribution in [3.8, 4) is 17.1 Å². The third-order valence-electron chi connectivity index (χ3n) is 5.50. The molecule has 32 heavy (non-hydrogen) atoms. The molecule has 0 saturated carbocycles. The van der Waals surface area contributed by atoms with Crippen LogP contribution in [0.15, 0.2) is 53.6 Å². The molecular weight excluding hydrogens is 424 g/mol. The number of nitrogens with zero attached hydrogens (tertiary/aromatic N) is 3. The first-order valence-corrected chi connectivity index (χ1v) is 12.6. The monoisotopic (exact) mass is 454 g/mol. The third-order valence-corrected chi connectivity index (χ3v) is 6.97. The minimum Gasteiger partial charge on any atom is -0.493 e.